The highest BCUT2D eigenvalue weighted by atomic mass is 32.2. The smallest absolute Gasteiger partial charge is 0.288 e. The summed E-state index contributed by atoms with van der Waals surface area (Å²) in [5.41, 5.74) is 0.634. The standard InChI is InChI=1S/C17H14F2N2O3S2/c1-23-12-4-2-3-5-13(12)24-9-15(22)21-17-20-11-7-6-10(25-16(18)19)8-14(11)26-17/h2-8,16H,9H2,1H3,(H,20,21,22). The van der Waals surface area contributed by atoms with Gasteiger partial charge in [-0.05, 0) is 30.3 Å². The number of fused-ring (bicyclic) bond motifs is 1. The molecule has 2 aromatic carbocycles. The van der Waals surface area contributed by atoms with Gasteiger partial charge in [0.05, 0.1) is 17.3 Å². The number of thiazole rings is 1. The molecule has 0 saturated carbocycles. The van der Waals surface area contributed by atoms with Crippen molar-refractivity contribution in [3.63, 3.8) is 0 Å². The number of methoxy groups -OCH3 is 1. The van der Waals surface area contributed by atoms with Gasteiger partial charge in [0.1, 0.15) is 0 Å². The van der Waals surface area contributed by atoms with E-state index in [0.29, 0.717) is 38.8 Å². The van der Waals surface area contributed by atoms with Gasteiger partial charge in [0.15, 0.2) is 23.2 Å². The Morgan fingerprint density at radius 1 is 1.27 bits per heavy atom. The van der Waals surface area contributed by atoms with Crippen molar-refractivity contribution in [1.82, 2.24) is 4.98 Å². The van der Waals surface area contributed by atoms with E-state index in [1.165, 1.54) is 18.4 Å². The van der Waals surface area contributed by atoms with E-state index in [0.717, 1.165) is 4.70 Å². The van der Waals surface area contributed by atoms with E-state index in [1.54, 1.807) is 42.5 Å². The molecule has 0 spiro atoms. The summed E-state index contributed by atoms with van der Waals surface area (Å²) in [6, 6.07) is 11.9. The van der Waals surface area contributed by atoms with Crippen LogP contribution in [0.1, 0.15) is 0 Å². The lowest BCUT2D eigenvalue weighted by Crippen LogP contribution is -2.20. The maximum atomic E-state index is 12.4. The van der Waals surface area contributed by atoms with Gasteiger partial charge >= 0.3 is 0 Å². The third-order valence-electron chi connectivity index (χ3n) is 3.26. The van der Waals surface area contributed by atoms with Crippen molar-refractivity contribution < 1.29 is 23.0 Å². The molecule has 0 saturated heterocycles. The number of amides is 1. The van der Waals surface area contributed by atoms with Crippen LogP contribution < -0.4 is 14.8 Å². The number of aromatic nitrogens is 1. The number of para-hydroxylation sites is 2. The van der Waals surface area contributed by atoms with Crippen molar-refractivity contribution >= 4 is 44.4 Å². The number of hydrogen-bond donors (Lipinski definition) is 1. The quantitative estimate of drug-likeness (QED) is 0.590. The fourth-order valence-electron chi connectivity index (χ4n) is 2.17. The van der Waals surface area contributed by atoms with Crippen LogP contribution in [0.5, 0.6) is 11.5 Å². The molecule has 0 aliphatic heterocycles. The molecular weight excluding hydrogens is 382 g/mol. The number of ether oxygens (including phenoxy) is 2. The molecule has 0 bridgehead atoms. The van der Waals surface area contributed by atoms with Crippen LogP contribution in [0.15, 0.2) is 47.4 Å². The summed E-state index contributed by atoms with van der Waals surface area (Å²) >= 11 is 1.69. The number of benzene rings is 2. The van der Waals surface area contributed by atoms with Crippen molar-refractivity contribution in [2.75, 3.05) is 19.0 Å². The summed E-state index contributed by atoms with van der Waals surface area (Å²) in [4.78, 5) is 16.8. The monoisotopic (exact) mass is 396 g/mol. The number of carbonyl (C=O) groups excluding carboxylic acids is 1. The van der Waals surface area contributed by atoms with Crippen molar-refractivity contribution in [3.8, 4) is 11.5 Å². The third kappa shape index (κ3) is 4.61. The Morgan fingerprint density at radius 3 is 2.77 bits per heavy atom. The third-order valence-corrected chi connectivity index (χ3v) is 4.90. The predicted molar refractivity (Wildman–Crippen MR) is 98.6 cm³/mol. The molecule has 0 aliphatic carbocycles. The number of hydrogen-bond acceptors (Lipinski definition) is 6. The van der Waals surface area contributed by atoms with Gasteiger partial charge in [-0.3, -0.25) is 10.1 Å². The van der Waals surface area contributed by atoms with Crippen LogP contribution in [0.4, 0.5) is 13.9 Å². The molecule has 136 valence electrons. The summed E-state index contributed by atoms with van der Waals surface area (Å²) in [7, 11) is 1.52. The Kier molecular flexibility index (Phi) is 5.89. The van der Waals surface area contributed by atoms with Crippen molar-refractivity contribution in [2.24, 2.45) is 0 Å². The highest BCUT2D eigenvalue weighted by Crippen LogP contribution is 2.32. The summed E-state index contributed by atoms with van der Waals surface area (Å²) < 4.78 is 36.2. The number of thioether (sulfide) groups is 1. The normalized spacial score (nSPS) is 10.9. The predicted octanol–water partition coefficient (Wildman–Crippen LogP) is 4.64. The lowest BCUT2D eigenvalue weighted by molar-refractivity contribution is -0.118. The van der Waals surface area contributed by atoms with E-state index in [4.69, 9.17) is 9.47 Å². The molecular formula is C17H14F2N2O3S2. The van der Waals surface area contributed by atoms with Crippen molar-refractivity contribution in [3.05, 3.63) is 42.5 Å². The van der Waals surface area contributed by atoms with E-state index >= 15 is 0 Å². The largest absolute Gasteiger partial charge is 0.493 e. The minimum Gasteiger partial charge on any atom is -0.493 e. The summed E-state index contributed by atoms with van der Waals surface area (Å²) in [5.74, 6) is -1.86. The van der Waals surface area contributed by atoms with Gasteiger partial charge in [0, 0.05) is 4.90 Å². The number of carbonyl (C=O) groups is 1. The second-order valence-electron chi connectivity index (χ2n) is 5.01. The van der Waals surface area contributed by atoms with Gasteiger partial charge in [-0.2, -0.15) is 8.78 Å². The first-order chi connectivity index (χ1) is 12.5. The molecule has 1 aromatic heterocycles. The topological polar surface area (TPSA) is 60.5 Å². The molecule has 3 aromatic rings. The number of rotatable bonds is 7. The van der Waals surface area contributed by atoms with Crippen LogP contribution in [-0.4, -0.2) is 30.4 Å². The zero-order valence-corrected chi connectivity index (χ0v) is 15.2. The van der Waals surface area contributed by atoms with Crippen LogP contribution in [0.2, 0.25) is 0 Å². The Labute approximate surface area is 156 Å². The lowest BCUT2D eigenvalue weighted by Gasteiger charge is -2.09. The van der Waals surface area contributed by atoms with Gasteiger partial charge in [0.25, 0.3) is 11.7 Å². The molecule has 1 amide bonds. The summed E-state index contributed by atoms with van der Waals surface area (Å²) in [6.45, 7) is -0.206. The number of alkyl halides is 2. The molecule has 5 nitrogen and oxygen atoms in total. The Morgan fingerprint density at radius 2 is 2.04 bits per heavy atom. The SMILES string of the molecule is COc1ccccc1OCC(=O)Nc1nc2ccc(SC(F)F)cc2s1. The minimum absolute atomic E-state index is 0.206. The zero-order chi connectivity index (χ0) is 18.5. The van der Waals surface area contributed by atoms with Gasteiger partial charge in [0.2, 0.25) is 0 Å². The second-order valence-corrected chi connectivity index (χ2v) is 7.11. The first kappa shape index (κ1) is 18.4. The number of nitrogens with one attached hydrogen (secondary N) is 1. The lowest BCUT2D eigenvalue weighted by atomic mass is 10.3. The first-order valence-electron chi connectivity index (χ1n) is 7.46. The number of anilines is 1. The van der Waals surface area contributed by atoms with E-state index in [1.807, 2.05) is 0 Å². The van der Waals surface area contributed by atoms with Crippen LogP contribution in [-0.2, 0) is 4.79 Å². The fraction of sp³-hybridized carbons (Fsp3) is 0.176. The van der Waals surface area contributed by atoms with Crippen LogP contribution in [0, 0.1) is 0 Å². The molecule has 9 heteroatoms. The van der Waals surface area contributed by atoms with Crippen LogP contribution in [0.3, 0.4) is 0 Å². The van der Waals surface area contributed by atoms with E-state index < -0.39 is 5.76 Å². The molecule has 0 radical (unpaired) electrons. The van der Waals surface area contributed by atoms with E-state index in [9.17, 15) is 13.6 Å². The highest BCUT2D eigenvalue weighted by molar-refractivity contribution is 7.99. The molecule has 0 unspecified atom stereocenters. The average molecular weight is 396 g/mol. The number of halogens is 2. The summed E-state index contributed by atoms with van der Waals surface area (Å²) in [5, 5.41) is 3.03. The Bertz CT molecular complexity index is 918. The zero-order valence-electron chi connectivity index (χ0n) is 13.6. The van der Waals surface area contributed by atoms with Crippen LogP contribution in [0.25, 0.3) is 10.2 Å². The van der Waals surface area contributed by atoms with Gasteiger partial charge < -0.3 is 9.47 Å². The van der Waals surface area contributed by atoms with Crippen molar-refractivity contribution in [1.29, 1.82) is 0 Å². The van der Waals surface area contributed by atoms with E-state index in [2.05, 4.69) is 10.3 Å². The average Bonchev–Trinajstić information content (AvgIpc) is 3.01. The second kappa shape index (κ2) is 8.33. The van der Waals surface area contributed by atoms with Gasteiger partial charge in [-0.25, -0.2) is 4.98 Å². The molecule has 0 atom stereocenters. The highest BCUT2D eigenvalue weighted by Gasteiger charge is 2.12. The maximum absolute atomic E-state index is 12.4. The fourth-order valence-corrected chi connectivity index (χ4v) is 3.71. The number of nitrogens with zero attached hydrogens (tertiary/aromatic N) is 1. The minimum atomic E-state index is -2.48. The van der Waals surface area contributed by atoms with Crippen molar-refractivity contribution in [2.45, 2.75) is 10.7 Å². The first-order valence-corrected chi connectivity index (χ1v) is 9.16. The molecule has 26 heavy (non-hydrogen) atoms. The van der Waals surface area contributed by atoms with Gasteiger partial charge in [-0.15, -0.1) is 0 Å². The molecule has 1 N–H and O–H groups in total. The van der Waals surface area contributed by atoms with Gasteiger partial charge in [-0.1, -0.05) is 35.2 Å². The Hall–Kier alpha value is -2.39. The molecule has 0 fully saturated rings. The Balaban J connectivity index is 1.63. The maximum Gasteiger partial charge on any atom is 0.288 e. The summed E-state index contributed by atoms with van der Waals surface area (Å²) in [6.07, 6.45) is 0. The van der Waals surface area contributed by atoms with Crippen LogP contribution >= 0.6 is 23.1 Å². The molecule has 1 heterocycles. The molecule has 0 aliphatic rings. The molecule has 3 rings (SSSR count). The van der Waals surface area contributed by atoms with E-state index in [-0.39, 0.29) is 12.5 Å².